The number of nitrogens with zero attached hydrogens (tertiary/aromatic N) is 1. The van der Waals surface area contributed by atoms with Crippen LogP contribution >= 0.6 is 11.3 Å². The molecule has 3 aromatic rings. The van der Waals surface area contributed by atoms with Gasteiger partial charge in [0.15, 0.2) is 0 Å². The highest BCUT2D eigenvalue weighted by atomic mass is 32.1. The first-order valence-electron chi connectivity index (χ1n) is 10.1. The van der Waals surface area contributed by atoms with E-state index in [1.165, 1.54) is 33.6 Å². The number of hydrogen-bond donors (Lipinski definition) is 1. The number of carbonyl (C=O) groups excluding carboxylic acids is 1. The zero-order valence-corrected chi connectivity index (χ0v) is 17.2. The molecule has 1 aliphatic heterocycles. The molecule has 2 aromatic carbocycles. The lowest BCUT2D eigenvalue weighted by molar-refractivity contribution is 0.0702. The lowest BCUT2D eigenvalue weighted by Crippen LogP contribution is -2.32. The first-order valence-corrected chi connectivity index (χ1v) is 10.9. The van der Waals surface area contributed by atoms with Gasteiger partial charge < -0.3 is 14.7 Å². The number of aromatic carboxylic acids is 1. The van der Waals surface area contributed by atoms with Gasteiger partial charge in [0, 0.05) is 17.3 Å². The normalized spacial score (nSPS) is 15.1. The highest BCUT2D eigenvalue weighted by Gasteiger charge is 2.30. The van der Waals surface area contributed by atoms with Crippen molar-refractivity contribution in [2.45, 2.75) is 25.3 Å². The fourth-order valence-corrected chi connectivity index (χ4v) is 5.53. The standard InChI is InChI=1S/C24H21NO4S/c26-23(27)22-12-15-13-25(11-5-10-21(15)30-22)24(28)29-14-20-18-8-3-1-6-16(18)17-7-2-4-9-19(17)20/h1-4,6-9,12,20H,5,10-11,13-14H2,(H,26,27). The number of carbonyl (C=O) groups is 2. The molecular formula is C24H21NO4S. The van der Waals surface area contributed by atoms with Gasteiger partial charge in [0.2, 0.25) is 0 Å². The molecule has 5 nitrogen and oxygen atoms in total. The summed E-state index contributed by atoms with van der Waals surface area (Å²) >= 11 is 1.31. The molecule has 30 heavy (non-hydrogen) atoms. The van der Waals surface area contributed by atoms with Gasteiger partial charge >= 0.3 is 12.1 Å². The minimum absolute atomic E-state index is 0.0312. The Morgan fingerprint density at radius 3 is 2.40 bits per heavy atom. The second kappa shape index (κ2) is 7.61. The fraction of sp³-hybridized carbons (Fsp3) is 0.250. The van der Waals surface area contributed by atoms with E-state index < -0.39 is 5.97 Å². The zero-order chi connectivity index (χ0) is 20.7. The molecule has 0 saturated heterocycles. The minimum atomic E-state index is -0.916. The van der Waals surface area contributed by atoms with Crippen LogP contribution in [0.2, 0.25) is 0 Å². The van der Waals surface area contributed by atoms with Gasteiger partial charge in [0.25, 0.3) is 0 Å². The van der Waals surface area contributed by atoms with E-state index in [0.29, 0.717) is 24.6 Å². The van der Waals surface area contributed by atoms with Gasteiger partial charge in [-0.3, -0.25) is 0 Å². The molecule has 2 aliphatic rings. The molecular weight excluding hydrogens is 398 g/mol. The predicted octanol–water partition coefficient (Wildman–Crippen LogP) is 5.14. The molecule has 1 aliphatic carbocycles. The number of rotatable bonds is 3. The Balaban J connectivity index is 1.32. The van der Waals surface area contributed by atoms with Crippen LogP contribution in [0.25, 0.3) is 11.1 Å². The number of carboxylic acid groups (broad SMARTS) is 1. The Morgan fingerprint density at radius 2 is 1.73 bits per heavy atom. The number of ether oxygens (including phenoxy) is 1. The third kappa shape index (κ3) is 3.27. The van der Waals surface area contributed by atoms with E-state index in [-0.39, 0.29) is 12.0 Å². The highest BCUT2D eigenvalue weighted by Crippen LogP contribution is 2.44. The first kappa shape index (κ1) is 18.9. The summed E-state index contributed by atoms with van der Waals surface area (Å²) in [7, 11) is 0. The topological polar surface area (TPSA) is 66.8 Å². The monoisotopic (exact) mass is 419 g/mol. The van der Waals surface area contributed by atoms with E-state index in [1.807, 2.05) is 24.3 Å². The molecule has 1 amide bonds. The number of aryl methyl sites for hydroxylation is 1. The molecule has 5 rings (SSSR count). The van der Waals surface area contributed by atoms with Crippen molar-refractivity contribution < 1.29 is 19.4 Å². The van der Waals surface area contributed by atoms with Crippen molar-refractivity contribution in [1.29, 1.82) is 0 Å². The smallest absolute Gasteiger partial charge is 0.410 e. The fourth-order valence-electron chi connectivity index (χ4n) is 4.47. The second-order valence-electron chi connectivity index (χ2n) is 7.69. The number of fused-ring (bicyclic) bond motifs is 4. The van der Waals surface area contributed by atoms with Gasteiger partial charge in [-0.25, -0.2) is 9.59 Å². The molecule has 0 spiro atoms. The van der Waals surface area contributed by atoms with Crippen LogP contribution in [-0.2, 0) is 17.7 Å². The quantitative estimate of drug-likeness (QED) is 0.638. The third-order valence-electron chi connectivity index (χ3n) is 5.89. The lowest BCUT2D eigenvalue weighted by atomic mass is 9.98. The summed E-state index contributed by atoms with van der Waals surface area (Å²) in [4.78, 5) is 27.2. The van der Waals surface area contributed by atoms with Crippen molar-refractivity contribution in [2.24, 2.45) is 0 Å². The minimum Gasteiger partial charge on any atom is -0.477 e. The molecule has 0 saturated carbocycles. The molecule has 2 heterocycles. The van der Waals surface area contributed by atoms with Gasteiger partial charge in [-0.2, -0.15) is 0 Å². The molecule has 0 unspecified atom stereocenters. The van der Waals surface area contributed by atoms with Gasteiger partial charge in [-0.1, -0.05) is 48.5 Å². The highest BCUT2D eigenvalue weighted by molar-refractivity contribution is 7.14. The molecule has 1 aromatic heterocycles. The zero-order valence-electron chi connectivity index (χ0n) is 16.3. The van der Waals surface area contributed by atoms with Crippen LogP contribution < -0.4 is 0 Å². The average Bonchev–Trinajstić information content (AvgIpc) is 3.24. The van der Waals surface area contributed by atoms with Crippen LogP contribution in [0.3, 0.4) is 0 Å². The third-order valence-corrected chi connectivity index (χ3v) is 7.12. The second-order valence-corrected chi connectivity index (χ2v) is 8.83. The summed E-state index contributed by atoms with van der Waals surface area (Å²) in [6.07, 6.45) is 1.25. The Morgan fingerprint density at radius 1 is 1.07 bits per heavy atom. The number of thiophene rings is 1. The van der Waals surface area contributed by atoms with Crippen LogP contribution in [0.4, 0.5) is 4.79 Å². The summed E-state index contributed by atoms with van der Waals surface area (Å²) < 4.78 is 5.78. The van der Waals surface area contributed by atoms with Crippen molar-refractivity contribution in [3.8, 4) is 11.1 Å². The SMILES string of the molecule is O=C(O)c1cc2c(s1)CCCN(C(=O)OCC1c3ccccc3-c3ccccc31)C2. The van der Waals surface area contributed by atoms with Gasteiger partial charge in [-0.15, -0.1) is 11.3 Å². The summed E-state index contributed by atoms with van der Waals surface area (Å²) in [5.41, 5.74) is 5.70. The molecule has 1 N–H and O–H groups in total. The van der Waals surface area contributed by atoms with E-state index in [0.717, 1.165) is 23.3 Å². The number of amides is 1. The van der Waals surface area contributed by atoms with Crippen molar-refractivity contribution in [3.63, 3.8) is 0 Å². The Bertz CT molecular complexity index is 1090. The van der Waals surface area contributed by atoms with Crippen molar-refractivity contribution >= 4 is 23.4 Å². The van der Waals surface area contributed by atoms with E-state index >= 15 is 0 Å². The van der Waals surface area contributed by atoms with Crippen LogP contribution in [-0.4, -0.2) is 35.2 Å². The van der Waals surface area contributed by atoms with Crippen molar-refractivity contribution in [3.05, 3.63) is 81.0 Å². The van der Waals surface area contributed by atoms with E-state index in [9.17, 15) is 14.7 Å². The van der Waals surface area contributed by atoms with Crippen LogP contribution in [0.1, 0.15) is 43.6 Å². The Kier molecular flexibility index (Phi) is 4.79. The van der Waals surface area contributed by atoms with Crippen LogP contribution in [0.5, 0.6) is 0 Å². The molecule has 0 atom stereocenters. The van der Waals surface area contributed by atoms with E-state index in [2.05, 4.69) is 24.3 Å². The summed E-state index contributed by atoms with van der Waals surface area (Å²) in [6, 6.07) is 18.2. The summed E-state index contributed by atoms with van der Waals surface area (Å²) in [5.74, 6) is -0.885. The predicted molar refractivity (Wildman–Crippen MR) is 115 cm³/mol. The van der Waals surface area contributed by atoms with Gasteiger partial charge in [0.1, 0.15) is 11.5 Å². The van der Waals surface area contributed by atoms with Gasteiger partial charge in [0.05, 0.1) is 6.54 Å². The largest absolute Gasteiger partial charge is 0.477 e. The Hall–Kier alpha value is -3.12. The van der Waals surface area contributed by atoms with Crippen LogP contribution in [0, 0.1) is 0 Å². The van der Waals surface area contributed by atoms with Gasteiger partial charge in [-0.05, 0) is 46.7 Å². The summed E-state index contributed by atoms with van der Waals surface area (Å²) in [6.45, 7) is 1.30. The number of benzene rings is 2. The van der Waals surface area contributed by atoms with Crippen LogP contribution in [0.15, 0.2) is 54.6 Å². The number of carboxylic acids is 1. The molecule has 152 valence electrons. The first-order chi connectivity index (χ1) is 14.6. The van der Waals surface area contributed by atoms with E-state index in [1.54, 1.807) is 11.0 Å². The molecule has 0 bridgehead atoms. The lowest BCUT2D eigenvalue weighted by Gasteiger charge is -2.22. The maximum absolute atomic E-state index is 12.9. The maximum Gasteiger partial charge on any atom is 0.410 e. The van der Waals surface area contributed by atoms with Crippen molar-refractivity contribution in [2.75, 3.05) is 13.2 Å². The summed E-state index contributed by atoms with van der Waals surface area (Å²) in [5, 5.41) is 9.25. The van der Waals surface area contributed by atoms with Crippen molar-refractivity contribution in [1.82, 2.24) is 4.90 Å². The maximum atomic E-state index is 12.9. The number of hydrogen-bond acceptors (Lipinski definition) is 4. The molecule has 0 fully saturated rings. The Labute approximate surface area is 178 Å². The average molecular weight is 420 g/mol. The van der Waals surface area contributed by atoms with E-state index in [4.69, 9.17) is 4.74 Å². The molecule has 6 heteroatoms. The molecule has 0 radical (unpaired) electrons.